The van der Waals surface area contributed by atoms with Crippen molar-refractivity contribution in [1.82, 2.24) is 15.0 Å². The number of rotatable bonds is 5. The zero-order chi connectivity index (χ0) is 16.1. The van der Waals surface area contributed by atoms with Crippen LogP contribution in [-0.2, 0) is 11.3 Å². The first-order valence-electron chi connectivity index (χ1n) is 7.31. The Hall–Kier alpha value is -2.63. The second kappa shape index (κ2) is 6.89. The van der Waals surface area contributed by atoms with Crippen molar-refractivity contribution in [2.24, 2.45) is 0 Å². The molecule has 0 saturated heterocycles. The van der Waals surface area contributed by atoms with Gasteiger partial charge in [-0.3, -0.25) is 25.0 Å². The Bertz CT molecular complexity index is 777. The fourth-order valence-electron chi connectivity index (χ4n) is 2.17. The highest BCUT2D eigenvalue weighted by Gasteiger charge is 2.10. The molecule has 0 unspecified atom stereocenters. The first-order chi connectivity index (χ1) is 10.6. The van der Waals surface area contributed by atoms with Gasteiger partial charge >= 0.3 is 0 Å². The number of nitrogens with zero attached hydrogens (tertiary/aromatic N) is 2. The lowest BCUT2D eigenvalue weighted by Crippen LogP contribution is -2.34. The van der Waals surface area contributed by atoms with E-state index in [4.69, 9.17) is 0 Å². The minimum absolute atomic E-state index is 0.134. The number of fused-ring (bicyclic) bond motifs is 1. The number of aromatic nitrogens is 2. The Balaban J connectivity index is 2.33. The summed E-state index contributed by atoms with van der Waals surface area (Å²) in [4.78, 5) is 28.7. The van der Waals surface area contributed by atoms with Crippen LogP contribution in [0.5, 0.6) is 0 Å². The average molecular weight is 300 g/mol. The van der Waals surface area contributed by atoms with E-state index in [0.29, 0.717) is 29.0 Å². The van der Waals surface area contributed by atoms with E-state index in [1.807, 2.05) is 26.0 Å². The van der Waals surface area contributed by atoms with E-state index < -0.39 is 0 Å². The van der Waals surface area contributed by atoms with Crippen LogP contribution in [0.15, 0.2) is 40.7 Å². The van der Waals surface area contributed by atoms with Crippen LogP contribution in [0.1, 0.15) is 27.2 Å². The maximum Gasteiger partial charge on any atom is 0.265 e. The molecule has 2 aromatic rings. The predicted molar refractivity (Wildman–Crippen MR) is 87.5 cm³/mol. The fraction of sp³-hybridized carbons (Fsp3) is 0.312. The average Bonchev–Trinajstić information content (AvgIpc) is 2.53. The van der Waals surface area contributed by atoms with Crippen molar-refractivity contribution in [2.45, 2.75) is 33.7 Å². The Kier molecular flexibility index (Phi) is 4.93. The smallest absolute Gasteiger partial charge is 0.265 e. The molecule has 6 heteroatoms. The molecule has 6 nitrogen and oxygen atoms in total. The normalized spacial score (nSPS) is 11.5. The summed E-state index contributed by atoms with van der Waals surface area (Å²) in [5.41, 5.74) is 6.39. The molecule has 0 bridgehead atoms. The van der Waals surface area contributed by atoms with Crippen molar-refractivity contribution in [2.75, 3.05) is 5.43 Å². The number of amides is 1. The van der Waals surface area contributed by atoms with Gasteiger partial charge in [-0.15, -0.1) is 0 Å². The Morgan fingerprint density at radius 3 is 2.73 bits per heavy atom. The van der Waals surface area contributed by atoms with Crippen molar-refractivity contribution in [3.63, 3.8) is 0 Å². The SMILES string of the molecule is CC/C=C(/C)C(=O)NNc1nc2ccccc2c(=O)n1CC. The third kappa shape index (κ3) is 3.16. The van der Waals surface area contributed by atoms with Crippen LogP contribution < -0.4 is 16.4 Å². The largest absolute Gasteiger partial charge is 0.277 e. The van der Waals surface area contributed by atoms with Gasteiger partial charge in [0.1, 0.15) is 0 Å². The molecule has 1 amide bonds. The number of anilines is 1. The number of carbonyl (C=O) groups is 1. The summed E-state index contributed by atoms with van der Waals surface area (Å²) in [6.07, 6.45) is 2.62. The van der Waals surface area contributed by atoms with E-state index in [1.54, 1.807) is 25.1 Å². The minimum atomic E-state index is -0.244. The zero-order valence-corrected chi connectivity index (χ0v) is 13.0. The molecule has 1 aromatic carbocycles. The van der Waals surface area contributed by atoms with Crippen molar-refractivity contribution in [1.29, 1.82) is 0 Å². The number of benzene rings is 1. The molecular weight excluding hydrogens is 280 g/mol. The number of hydrogen-bond acceptors (Lipinski definition) is 4. The van der Waals surface area contributed by atoms with Crippen LogP contribution in [0.25, 0.3) is 10.9 Å². The summed E-state index contributed by atoms with van der Waals surface area (Å²) in [7, 11) is 0. The van der Waals surface area contributed by atoms with E-state index >= 15 is 0 Å². The van der Waals surface area contributed by atoms with Gasteiger partial charge in [-0.05, 0) is 32.4 Å². The van der Waals surface area contributed by atoms with E-state index in [0.717, 1.165) is 6.42 Å². The molecule has 0 saturated carbocycles. The number of para-hydroxylation sites is 1. The molecule has 0 fully saturated rings. The Labute approximate surface area is 128 Å². The summed E-state index contributed by atoms with van der Waals surface area (Å²) < 4.78 is 1.49. The molecule has 0 aliphatic rings. The van der Waals surface area contributed by atoms with Crippen molar-refractivity contribution in [3.05, 3.63) is 46.3 Å². The molecule has 0 aliphatic heterocycles. The molecule has 1 aromatic heterocycles. The van der Waals surface area contributed by atoms with Gasteiger partial charge in [0.15, 0.2) is 0 Å². The molecular formula is C16H20N4O2. The lowest BCUT2D eigenvalue weighted by atomic mass is 10.2. The highest BCUT2D eigenvalue weighted by atomic mass is 16.2. The van der Waals surface area contributed by atoms with Gasteiger partial charge in [0.05, 0.1) is 10.9 Å². The van der Waals surface area contributed by atoms with Crippen LogP contribution in [-0.4, -0.2) is 15.5 Å². The molecule has 0 radical (unpaired) electrons. The summed E-state index contributed by atoms with van der Waals surface area (Å²) in [5, 5.41) is 0.559. The molecule has 1 heterocycles. The van der Waals surface area contributed by atoms with Gasteiger partial charge in [0.25, 0.3) is 11.5 Å². The Morgan fingerprint density at radius 2 is 2.05 bits per heavy atom. The van der Waals surface area contributed by atoms with Crippen molar-refractivity contribution >= 4 is 22.8 Å². The first-order valence-corrected chi connectivity index (χ1v) is 7.31. The molecule has 0 aliphatic carbocycles. The van der Waals surface area contributed by atoms with E-state index in [-0.39, 0.29) is 11.5 Å². The van der Waals surface area contributed by atoms with Crippen LogP contribution in [0.2, 0.25) is 0 Å². The van der Waals surface area contributed by atoms with Crippen LogP contribution in [0.3, 0.4) is 0 Å². The lowest BCUT2D eigenvalue weighted by molar-refractivity contribution is -0.117. The maximum absolute atomic E-state index is 12.4. The molecule has 22 heavy (non-hydrogen) atoms. The zero-order valence-electron chi connectivity index (χ0n) is 13.0. The molecule has 0 atom stereocenters. The van der Waals surface area contributed by atoms with Gasteiger partial charge < -0.3 is 0 Å². The minimum Gasteiger partial charge on any atom is -0.277 e. The lowest BCUT2D eigenvalue weighted by Gasteiger charge is -2.14. The molecule has 2 rings (SSSR count). The predicted octanol–water partition coefficient (Wildman–Crippen LogP) is 2.22. The Morgan fingerprint density at radius 1 is 1.32 bits per heavy atom. The standard InChI is InChI=1S/C16H20N4O2/c1-4-8-11(3)14(21)18-19-16-17-13-10-7-6-9-12(13)15(22)20(16)5-2/h6-10H,4-5H2,1-3H3,(H,17,19)(H,18,21)/b11-8-. The molecule has 0 spiro atoms. The number of allylic oxidation sites excluding steroid dienone is 1. The molecule has 116 valence electrons. The second-order valence-electron chi connectivity index (χ2n) is 4.88. The summed E-state index contributed by atoms with van der Waals surface area (Å²) in [5.74, 6) is 0.0794. The van der Waals surface area contributed by atoms with Crippen LogP contribution >= 0.6 is 0 Å². The molecule has 2 N–H and O–H groups in total. The highest BCUT2D eigenvalue weighted by molar-refractivity contribution is 5.93. The number of carbonyl (C=O) groups excluding carboxylic acids is 1. The summed E-state index contributed by atoms with van der Waals surface area (Å²) in [6, 6.07) is 7.14. The van der Waals surface area contributed by atoms with Gasteiger partial charge in [-0.1, -0.05) is 25.1 Å². The van der Waals surface area contributed by atoms with E-state index in [1.165, 1.54) is 4.57 Å². The number of hydrazine groups is 1. The number of nitrogens with one attached hydrogen (secondary N) is 2. The summed E-state index contributed by atoms with van der Waals surface area (Å²) in [6.45, 7) is 6.01. The van der Waals surface area contributed by atoms with Crippen molar-refractivity contribution in [3.8, 4) is 0 Å². The van der Waals surface area contributed by atoms with Gasteiger partial charge in [-0.2, -0.15) is 0 Å². The van der Waals surface area contributed by atoms with Crippen LogP contribution in [0.4, 0.5) is 5.95 Å². The second-order valence-corrected chi connectivity index (χ2v) is 4.88. The first kappa shape index (κ1) is 15.8. The van der Waals surface area contributed by atoms with Gasteiger partial charge in [0.2, 0.25) is 5.95 Å². The van der Waals surface area contributed by atoms with Crippen LogP contribution in [0, 0.1) is 0 Å². The fourth-order valence-corrected chi connectivity index (χ4v) is 2.17. The van der Waals surface area contributed by atoms with Gasteiger partial charge in [0, 0.05) is 12.1 Å². The maximum atomic E-state index is 12.4. The summed E-state index contributed by atoms with van der Waals surface area (Å²) >= 11 is 0. The topological polar surface area (TPSA) is 76.0 Å². The van der Waals surface area contributed by atoms with Crippen molar-refractivity contribution < 1.29 is 4.79 Å². The quantitative estimate of drug-likeness (QED) is 0.656. The van der Waals surface area contributed by atoms with E-state index in [2.05, 4.69) is 15.8 Å². The third-order valence-corrected chi connectivity index (χ3v) is 3.33. The monoisotopic (exact) mass is 300 g/mol. The third-order valence-electron chi connectivity index (χ3n) is 3.33. The van der Waals surface area contributed by atoms with E-state index in [9.17, 15) is 9.59 Å². The number of hydrogen-bond donors (Lipinski definition) is 2. The highest BCUT2D eigenvalue weighted by Crippen LogP contribution is 2.10. The van der Waals surface area contributed by atoms with Gasteiger partial charge in [-0.25, -0.2) is 4.98 Å².